The van der Waals surface area contributed by atoms with Crippen LogP contribution < -0.4 is 0 Å². The molecule has 2 aliphatic rings. The maximum atomic E-state index is 13.3. The van der Waals surface area contributed by atoms with E-state index < -0.39 is 0 Å². The van der Waals surface area contributed by atoms with E-state index >= 15 is 0 Å². The van der Waals surface area contributed by atoms with Gasteiger partial charge in [0.25, 0.3) is 0 Å². The molecule has 0 amide bonds. The maximum absolute atomic E-state index is 13.3. The van der Waals surface area contributed by atoms with E-state index in [-0.39, 0.29) is 5.82 Å². The number of fused-ring (bicyclic) bond motifs is 2. The summed E-state index contributed by atoms with van der Waals surface area (Å²) in [6.07, 6.45) is 0. The van der Waals surface area contributed by atoms with Crippen molar-refractivity contribution in [2.75, 3.05) is 0 Å². The summed E-state index contributed by atoms with van der Waals surface area (Å²) < 4.78 is 13.3. The van der Waals surface area contributed by atoms with E-state index in [2.05, 4.69) is 30.3 Å². The molecule has 0 atom stereocenters. The predicted octanol–water partition coefficient (Wildman–Crippen LogP) is 4.63. The Kier molecular flexibility index (Phi) is 1.55. The molecule has 0 aromatic heterocycles. The second-order valence-corrected chi connectivity index (χ2v) is 4.41. The highest BCUT2D eigenvalue weighted by Gasteiger charge is 2.25. The van der Waals surface area contributed by atoms with Gasteiger partial charge in [0.15, 0.2) is 0 Å². The van der Waals surface area contributed by atoms with Crippen LogP contribution in [0.4, 0.5) is 4.39 Å². The first kappa shape index (κ1) is 8.94. The van der Waals surface area contributed by atoms with Gasteiger partial charge in [0.2, 0.25) is 0 Å². The SMILES string of the molecule is Fc1cc2cc(-c3cccc4ccccc34)c1-2. The fourth-order valence-electron chi connectivity index (χ4n) is 2.56. The third kappa shape index (κ3) is 1.06. The van der Waals surface area contributed by atoms with Crippen molar-refractivity contribution >= 4 is 10.8 Å². The summed E-state index contributed by atoms with van der Waals surface area (Å²) in [6, 6.07) is 18.0. The van der Waals surface area contributed by atoms with Crippen LogP contribution in [0.15, 0.2) is 54.6 Å². The molecule has 17 heavy (non-hydrogen) atoms. The van der Waals surface area contributed by atoms with E-state index in [0.29, 0.717) is 0 Å². The van der Waals surface area contributed by atoms with Crippen LogP contribution in [0, 0.1) is 5.82 Å². The number of halogens is 1. The number of hydrogen-bond acceptors (Lipinski definition) is 0. The van der Waals surface area contributed by atoms with Crippen LogP contribution in [0.5, 0.6) is 0 Å². The fraction of sp³-hybridized carbons (Fsp3) is 0. The van der Waals surface area contributed by atoms with Gasteiger partial charge < -0.3 is 0 Å². The van der Waals surface area contributed by atoms with Crippen LogP contribution >= 0.6 is 0 Å². The van der Waals surface area contributed by atoms with Crippen LogP contribution in [0.25, 0.3) is 33.0 Å². The summed E-state index contributed by atoms with van der Waals surface area (Å²) >= 11 is 0. The molecular weight excluding hydrogens is 211 g/mol. The minimum atomic E-state index is -0.0783. The Labute approximate surface area is 98.3 Å². The van der Waals surface area contributed by atoms with Gasteiger partial charge in [-0.05, 0) is 39.6 Å². The first-order valence-electron chi connectivity index (χ1n) is 5.67. The van der Waals surface area contributed by atoms with Crippen molar-refractivity contribution < 1.29 is 4.39 Å². The monoisotopic (exact) mass is 220 g/mol. The lowest BCUT2D eigenvalue weighted by Crippen LogP contribution is -2.02. The molecule has 80 valence electrons. The van der Waals surface area contributed by atoms with Crippen molar-refractivity contribution in [2.45, 2.75) is 0 Å². The smallest absolute Gasteiger partial charge is 0.132 e. The molecule has 0 heterocycles. The molecule has 0 bridgehead atoms. The number of benzene rings is 3. The summed E-state index contributed by atoms with van der Waals surface area (Å²) in [5.41, 5.74) is 4.02. The molecule has 0 saturated heterocycles. The molecule has 2 aromatic carbocycles. The molecule has 0 saturated carbocycles. The van der Waals surface area contributed by atoms with Gasteiger partial charge >= 0.3 is 0 Å². The molecule has 0 unspecified atom stereocenters. The molecule has 0 radical (unpaired) electrons. The Morgan fingerprint density at radius 2 is 1.59 bits per heavy atom. The third-order valence-corrected chi connectivity index (χ3v) is 3.46. The van der Waals surface area contributed by atoms with Crippen molar-refractivity contribution in [3.05, 3.63) is 60.4 Å². The van der Waals surface area contributed by atoms with Crippen molar-refractivity contribution in [2.24, 2.45) is 0 Å². The van der Waals surface area contributed by atoms with E-state index in [9.17, 15) is 4.39 Å². The lowest BCUT2D eigenvalue weighted by atomic mass is 9.81. The molecule has 2 aromatic rings. The average Bonchev–Trinajstić information content (AvgIpc) is 2.34. The van der Waals surface area contributed by atoms with Crippen LogP contribution in [0.3, 0.4) is 0 Å². The molecule has 0 fully saturated rings. The van der Waals surface area contributed by atoms with E-state index in [0.717, 1.165) is 22.3 Å². The molecule has 0 aliphatic heterocycles. The standard InChI is InChI=1S/C16H9F/c17-15-9-11-8-14(16(11)15)13-7-3-5-10-4-1-2-6-12(10)13/h1-9H. The van der Waals surface area contributed by atoms with Crippen LogP contribution in [-0.4, -0.2) is 0 Å². The number of rotatable bonds is 1. The highest BCUT2D eigenvalue weighted by Crippen LogP contribution is 2.47. The predicted molar refractivity (Wildman–Crippen MR) is 68.3 cm³/mol. The Morgan fingerprint density at radius 1 is 0.765 bits per heavy atom. The topological polar surface area (TPSA) is 0 Å². The zero-order valence-corrected chi connectivity index (χ0v) is 9.07. The van der Waals surface area contributed by atoms with Crippen LogP contribution in [-0.2, 0) is 0 Å². The fourth-order valence-corrected chi connectivity index (χ4v) is 2.56. The summed E-state index contributed by atoms with van der Waals surface area (Å²) in [6.45, 7) is 0. The summed E-state index contributed by atoms with van der Waals surface area (Å²) in [5, 5.41) is 2.39. The second-order valence-electron chi connectivity index (χ2n) is 4.41. The molecule has 0 nitrogen and oxygen atoms in total. The highest BCUT2D eigenvalue weighted by atomic mass is 19.1. The first-order chi connectivity index (χ1) is 8.34. The normalized spacial score (nSPS) is 11.8. The Balaban J connectivity index is 2.04. The lowest BCUT2D eigenvalue weighted by Gasteiger charge is -2.23. The van der Waals surface area contributed by atoms with Gasteiger partial charge in [-0.1, -0.05) is 42.5 Å². The molecule has 2 aliphatic carbocycles. The van der Waals surface area contributed by atoms with Crippen molar-refractivity contribution in [1.29, 1.82) is 0 Å². The minimum absolute atomic E-state index is 0.0783. The summed E-state index contributed by atoms with van der Waals surface area (Å²) in [4.78, 5) is 0. The Bertz CT molecular complexity index is 751. The maximum Gasteiger partial charge on any atom is 0.132 e. The highest BCUT2D eigenvalue weighted by molar-refractivity contribution is 6.05. The van der Waals surface area contributed by atoms with Gasteiger partial charge in [0, 0.05) is 5.56 Å². The third-order valence-electron chi connectivity index (χ3n) is 3.46. The molecule has 0 N–H and O–H groups in total. The van der Waals surface area contributed by atoms with Gasteiger partial charge in [0.05, 0.1) is 0 Å². The molecular formula is C16H9F. The second kappa shape index (κ2) is 2.95. The first-order valence-corrected chi connectivity index (χ1v) is 5.67. The Hall–Kier alpha value is -2.15. The van der Waals surface area contributed by atoms with Crippen molar-refractivity contribution in [1.82, 2.24) is 0 Å². The zero-order valence-electron chi connectivity index (χ0n) is 9.07. The summed E-state index contributed by atoms with van der Waals surface area (Å²) in [5.74, 6) is -0.0783. The van der Waals surface area contributed by atoms with Gasteiger partial charge in [-0.25, -0.2) is 4.39 Å². The molecule has 1 heteroatoms. The number of hydrogen-bond donors (Lipinski definition) is 0. The van der Waals surface area contributed by atoms with E-state index in [1.54, 1.807) is 6.07 Å². The van der Waals surface area contributed by atoms with Crippen molar-refractivity contribution in [3.63, 3.8) is 0 Å². The van der Waals surface area contributed by atoms with Gasteiger partial charge in [-0.3, -0.25) is 0 Å². The average molecular weight is 220 g/mol. The van der Waals surface area contributed by atoms with Crippen LogP contribution in [0.2, 0.25) is 0 Å². The Morgan fingerprint density at radius 3 is 2.41 bits per heavy atom. The minimum Gasteiger partial charge on any atom is -0.206 e. The lowest BCUT2D eigenvalue weighted by molar-refractivity contribution is 0.621. The quantitative estimate of drug-likeness (QED) is 0.439. The van der Waals surface area contributed by atoms with Crippen LogP contribution in [0.1, 0.15) is 0 Å². The van der Waals surface area contributed by atoms with E-state index in [1.807, 2.05) is 18.2 Å². The van der Waals surface area contributed by atoms with Gasteiger partial charge in [-0.2, -0.15) is 0 Å². The van der Waals surface area contributed by atoms with Crippen molar-refractivity contribution in [3.8, 4) is 22.3 Å². The van der Waals surface area contributed by atoms with Gasteiger partial charge in [-0.15, -0.1) is 0 Å². The molecule has 4 rings (SSSR count). The van der Waals surface area contributed by atoms with Gasteiger partial charge in [0.1, 0.15) is 5.82 Å². The summed E-state index contributed by atoms with van der Waals surface area (Å²) in [7, 11) is 0. The largest absolute Gasteiger partial charge is 0.206 e. The van der Waals surface area contributed by atoms with E-state index in [4.69, 9.17) is 0 Å². The zero-order chi connectivity index (χ0) is 11.4. The van der Waals surface area contributed by atoms with E-state index in [1.165, 1.54) is 10.8 Å². The molecule has 0 spiro atoms.